The average molecular weight is 206 g/mol. The number of rotatable bonds is 4. The highest BCUT2D eigenvalue weighted by molar-refractivity contribution is 5.88. The summed E-state index contributed by atoms with van der Waals surface area (Å²) in [4.78, 5) is 15.4. The van der Waals surface area contributed by atoms with E-state index < -0.39 is 0 Å². The second-order valence-corrected chi connectivity index (χ2v) is 3.57. The van der Waals surface area contributed by atoms with Gasteiger partial charge in [-0.3, -0.25) is 0 Å². The van der Waals surface area contributed by atoms with Crippen LogP contribution in [0.25, 0.3) is 0 Å². The average Bonchev–Trinajstić information content (AvgIpc) is 3.03. The van der Waals surface area contributed by atoms with Crippen LogP contribution in [0.5, 0.6) is 0 Å². The Morgan fingerprint density at radius 3 is 3.13 bits per heavy atom. The Morgan fingerprint density at radius 1 is 1.67 bits per heavy atom. The Bertz CT molecular complexity index is 361. The number of nitrogens with zero attached hydrogens (tertiary/aromatic N) is 1. The zero-order valence-electron chi connectivity index (χ0n) is 8.69. The highest BCUT2D eigenvalue weighted by Crippen LogP contribution is 2.24. The highest BCUT2D eigenvalue weighted by atomic mass is 16.5. The molecule has 1 N–H and O–H groups in total. The third-order valence-corrected chi connectivity index (χ3v) is 2.19. The van der Waals surface area contributed by atoms with Gasteiger partial charge in [0.15, 0.2) is 0 Å². The summed E-state index contributed by atoms with van der Waals surface area (Å²) in [6.45, 7) is 2.16. The molecular formula is C11H14N2O2. The first-order chi connectivity index (χ1) is 7.29. The van der Waals surface area contributed by atoms with Crippen LogP contribution >= 0.6 is 0 Å². The molecule has 0 atom stereocenters. The monoisotopic (exact) mass is 206 g/mol. The van der Waals surface area contributed by atoms with Crippen LogP contribution in [0.1, 0.15) is 30.3 Å². The van der Waals surface area contributed by atoms with Gasteiger partial charge >= 0.3 is 5.97 Å². The zero-order chi connectivity index (χ0) is 10.7. The largest absolute Gasteiger partial charge is 0.461 e. The summed E-state index contributed by atoms with van der Waals surface area (Å²) >= 11 is 0. The molecule has 0 unspecified atom stereocenters. The van der Waals surface area contributed by atoms with Gasteiger partial charge in [-0.15, -0.1) is 0 Å². The number of pyridine rings is 1. The summed E-state index contributed by atoms with van der Waals surface area (Å²) in [5, 5.41) is 3.31. The summed E-state index contributed by atoms with van der Waals surface area (Å²) < 4.78 is 4.87. The Hall–Kier alpha value is -1.58. The van der Waals surface area contributed by atoms with Crippen molar-refractivity contribution in [1.82, 2.24) is 4.98 Å². The fourth-order valence-corrected chi connectivity index (χ4v) is 1.30. The molecule has 2 rings (SSSR count). The van der Waals surface area contributed by atoms with Crippen molar-refractivity contribution in [3.05, 3.63) is 24.0 Å². The van der Waals surface area contributed by atoms with Gasteiger partial charge in [0.25, 0.3) is 0 Å². The number of nitrogens with one attached hydrogen (secondary N) is 1. The molecule has 0 bridgehead atoms. The number of carbonyl (C=O) groups is 1. The summed E-state index contributed by atoms with van der Waals surface area (Å²) in [7, 11) is 0. The number of hydrogen-bond acceptors (Lipinski definition) is 4. The Balaban J connectivity index is 2.06. The Labute approximate surface area is 88.7 Å². The van der Waals surface area contributed by atoms with E-state index in [9.17, 15) is 4.79 Å². The lowest BCUT2D eigenvalue weighted by molar-refractivity contribution is 0.0519. The lowest BCUT2D eigenvalue weighted by Crippen LogP contribution is -2.08. The van der Waals surface area contributed by atoms with Crippen molar-refractivity contribution in [1.29, 1.82) is 0 Å². The third kappa shape index (κ3) is 2.68. The molecule has 1 aromatic heterocycles. The topological polar surface area (TPSA) is 51.2 Å². The second-order valence-electron chi connectivity index (χ2n) is 3.57. The van der Waals surface area contributed by atoms with Gasteiger partial charge in [0.05, 0.1) is 6.61 Å². The minimum absolute atomic E-state index is 0.363. The molecule has 1 aliphatic rings. The minimum atomic E-state index is -0.364. The first-order valence-electron chi connectivity index (χ1n) is 5.19. The normalized spacial score (nSPS) is 14.7. The predicted octanol–water partition coefficient (Wildman–Crippen LogP) is 1.83. The van der Waals surface area contributed by atoms with E-state index in [1.54, 1.807) is 19.2 Å². The summed E-state index contributed by atoms with van der Waals surface area (Å²) in [6, 6.07) is 4.17. The van der Waals surface area contributed by atoms with Gasteiger partial charge in [0.1, 0.15) is 5.69 Å². The van der Waals surface area contributed by atoms with Crippen molar-refractivity contribution in [2.45, 2.75) is 25.8 Å². The molecule has 0 amide bonds. The molecule has 1 aliphatic carbocycles. The number of anilines is 1. The first kappa shape index (κ1) is 9.96. The third-order valence-electron chi connectivity index (χ3n) is 2.19. The van der Waals surface area contributed by atoms with Crippen LogP contribution in [0.15, 0.2) is 18.3 Å². The van der Waals surface area contributed by atoms with Crippen molar-refractivity contribution in [2.75, 3.05) is 11.9 Å². The van der Waals surface area contributed by atoms with Crippen molar-refractivity contribution in [3.8, 4) is 0 Å². The van der Waals surface area contributed by atoms with E-state index in [0.29, 0.717) is 18.3 Å². The van der Waals surface area contributed by atoms with Crippen molar-refractivity contribution in [3.63, 3.8) is 0 Å². The lowest BCUT2D eigenvalue weighted by Gasteiger charge is -2.05. The molecule has 0 aromatic carbocycles. The summed E-state index contributed by atoms with van der Waals surface area (Å²) in [5.74, 6) is -0.364. The van der Waals surface area contributed by atoms with Gasteiger partial charge in [-0.2, -0.15) is 0 Å². The van der Waals surface area contributed by atoms with Gasteiger partial charge in [-0.05, 0) is 31.9 Å². The highest BCUT2D eigenvalue weighted by Gasteiger charge is 2.21. The summed E-state index contributed by atoms with van der Waals surface area (Å²) in [5.41, 5.74) is 1.30. The minimum Gasteiger partial charge on any atom is -0.461 e. The molecule has 0 saturated heterocycles. The predicted molar refractivity (Wildman–Crippen MR) is 56.8 cm³/mol. The maximum Gasteiger partial charge on any atom is 0.356 e. The molecule has 1 heterocycles. The SMILES string of the molecule is CCOC(=O)c1cc(NC2CC2)ccn1. The van der Waals surface area contributed by atoms with Crippen molar-refractivity contribution < 1.29 is 9.53 Å². The molecule has 4 nitrogen and oxygen atoms in total. The van der Waals surface area contributed by atoms with E-state index >= 15 is 0 Å². The number of ether oxygens (including phenoxy) is 1. The van der Waals surface area contributed by atoms with E-state index in [-0.39, 0.29) is 5.97 Å². The van der Waals surface area contributed by atoms with Crippen LogP contribution in [0.4, 0.5) is 5.69 Å². The van der Waals surface area contributed by atoms with Crippen LogP contribution in [0.3, 0.4) is 0 Å². The molecule has 15 heavy (non-hydrogen) atoms. The number of hydrogen-bond donors (Lipinski definition) is 1. The Kier molecular flexibility index (Phi) is 2.85. The van der Waals surface area contributed by atoms with Crippen LogP contribution in [-0.4, -0.2) is 23.6 Å². The smallest absolute Gasteiger partial charge is 0.356 e. The number of carbonyl (C=O) groups excluding carboxylic acids is 1. The van der Waals surface area contributed by atoms with E-state index in [1.807, 2.05) is 6.07 Å². The quantitative estimate of drug-likeness (QED) is 0.763. The molecule has 1 saturated carbocycles. The van der Waals surface area contributed by atoms with Gasteiger partial charge < -0.3 is 10.1 Å². The first-order valence-corrected chi connectivity index (χ1v) is 5.19. The van der Waals surface area contributed by atoms with Crippen LogP contribution in [0.2, 0.25) is 0 Å². The molecule has 0 aliphatic heterocycles. The van der Waals surface area contributed by atoms with E-state index in [2.05, 4.69) is 10.3 Å². The zero-order valence-corrected chi connectivity index (χ0v) is 8.69. The maximum absolute atomic E-state index is 11.4. The molecule has 1 fully saturated rings. The second kappa shape index (κ2) is 4.29. The van der Waals surface area contributed by atoms with Crippen LogP contribution in [-0.2, 0) is 4.74 Å². The van der Waals surface area contributed by atoms with Gasteiger partial charge in [-0.1, -0.05) is 0 Å². The van der Waals surface area contributed by atoms with Crippen LogP contribution in [0, 0.1) is 0 Å². The summed E-state index contributed by atoms with van der Waals surface area (Å²) in [6.07, 6.45) is 4.03. The molecule has 4 heteroatoms. The molecule has 1 aromatic rings. The molecular weight excluding hydrogens is 192 g/mol. The van der Waals surface area contributed by atoms with Gasteiger partial charge in [0.2, 0.25) is 0 Å². The molecule has 80 valence electrons. The number of esters is 1. The fourth-order valence-electron chi connectivity index (χ4n) is 1.30. The lowest BCUT2D eigenvalue weighted by atomic mass is 10.3. The van der Waals surface area contributed by atoms with Crippen molar-refractivity contribution >= 4 is 11.7 Å². The van der Waals surface area contributed by atoms with Gasteiger partial charge in [0, 0.05) is 17.9 Å². The van der Waals surface area contributed by atoms with E-state index in [0.717, 1.165) is 5.69 Å². The number of aromatic nitrogens is 1. The van der Waals surface area contributed by atoms with Crippen LogP contribution < -0.4 is 5.32 Å². The fraction of sp³-hybridized carbons (Fsp3) is 0.455. The van der Waals surface area contributed by atoms with Gasteiger partial charge in [-0.25, -0.2) is 9.78 Å². The van der Waals surface area contributed by atoms with E-state index in [1.165, 1.54) is 12.8 Å². The molecule has 0 spiro atoms. The standard InChI is InChI=1S/C11H14N2O2/c1-2-15-11(14)10-7-9(5-6-12-10)13-8-3-4-8/h5-8H,2-4H2,1H3,(H,12,13). The van der Waals surface area contributed by atoms with E-state index in [4.69, 9.17) is 4.74 Å². The maximum atomic E-state index is 11.4. The molecule has 0 radical (unpaired) electrons. The van der Waals surface area contributed by atoms with Crippen molar-refractivity contribution in [2.24, 2.45) is 0 Å². The Morgan fingerprint density at radius 2 is 2.47 bits per heavy atom.